The molecule has 5 nitrogen and oxygen atoms in total. The number of carbonyl (C=O) groups is 1. The summed E-state index contributed by atoms with van der Waals surface area (Å²) in [5.41, 5.74) is 3.39. The van der Waals surface area contributed by atoms with Crippen molar-refractivity contribution >= 4 is 23.2 Å². The van der Waals surface area contributed by atoms with Crippen LogP contribution in [0.4, 0.5) is 5.69 Å². The van der Waals surface area contributed by atoms with E-state index in [1.807, 2.05) is 47.4 Å². The number of hydrogen-bond donors (Lipinski definition) is 0. The molecule has 0 saturated heterocycles. The van der Waals surface area contributed by atoms with E-state index in [1.165, 1.54) is 0 Å². The van der Waals surface area contributed by atoms with E-state index in [0.29, 0.717) is 29.4 Å². The molecule has 0 saturated carbocycles. The third kappa shape index (κ3) is 3.01. The van der Waals surface area contributed by atoms with Crippen molar-refractivity contribution in [2.75, 3.05) is 32.8 Å². The Bertz CT molecular complexity index is 832. The fourth-order valence-electron chi connectivity index (χ4n) is 3.24. The van der Waals surface area contributed by atoms with Gasteiger partial charge in [0.05, 0.1) is 27.0 Å². The summed E-state index contributed by atoms with van der Waals surface area (Å²) in [6, 6.07) is 11.5. The Morgan fingerprint density at radius 3 is 2.23 bits per heavy atom. The molecule has 1 aliphatic rings. The maximum Gasteiger partial charge on any atom is 0.258 e. The number of nitrogens with zero attached hydrogens (tertiary/aromatic N) is 1. The van der Waals surface area contributed by atoms with Crippen molar-refractivity contribution in [2.45, 2.75) is 13.3 Å². The van der Waals surface area contributed by atoms with Crippen molar-refractivity contribution in [1.82, 2.24) is 0 Å². The molecule has 136 valence electrons. The van der Waals surface area contributed by atoms with E-state index < -0.39 is 0 Å². The van der Waals surface area contributed by atoms with E-state index in [9.17, 15) is 4.79 Å². The number of anilines is 1. The van der Waals surface area contributed by atoms with Crippen molar-refractivity contribution in [3.05, 3.63) is 47.5 Å². The first kappa shape index (κ1) is 17.9. The lowest BCUT2D eigenvalue weighted by Gasteiger charge is -2.15. The Morgan fingerprint density at radius 2 is 1.65 bits per heavy atom. The topological polar surface area (TPSA) is 48.0 Å². The number of para-hydroxylation sites is 1. The van der Waals surface area contributed by atoms with Gasteiger partial charge in [0.25, 0.3) is 5.91 Å². The molecule has 1 heterocycles. The maximum absolute atomic E-state index is 13.0. The van der Waals surface area contributed by atoms with E-state index >= 15 is 0 Å². The van der Waals surface area contributed by atoms with Gasteiger partial charge in [0.2, 0.25) is 5.75 Å². The van der Waals surface area contributed by atoms with Gasteiger partial charge in [-0.2, -0.15) is 0 Å². The van der Waals surface area contributed by atoms with Crippen LogP contribution in [0.3, 0.4) is 0 Å². The quantitative estimate of drug-likeness (QED) is 0.736. The zero-order chi connectivity index (χ0) is 18.7. The van der Waals surface area contributed by atoms with Crippen molar-refractivity contribution in [2.24, 2.45) is 0 Å². The van der Waals surface area contributed by atoms with Gasteiger partial charge < -0.3 is 19.1 Å². The SMILES string of the molecule is CCCN1C(=O)/C(=C\c2cc(OC)c(OC)c(OC)c2)c2ccccc21. The Labute approximate surface area is 153 Å². The molecule has 0 aliphatic carbocycles. The second-order valence-corrected chi connectivity index (χ2v) is 5.99. The Balaban J connectivity index is 2.12. The number of amides is 1. The number of rotatable bonds is 6. The second kappa shape index (κ2) is 7.52. The number of fused-ring (bicyclic) bond motifs is 1. The molecule has 2 aromatic rings. The molecule has 0 fully saturated rings. The Morgan fingerprint density at radius 1 is 1.00 bits per heavy atom. The summed E-state index contributed by atoms with van der Waals surface area (Å²) in [5, 5.41) is 0. The molecule has 3 rings (SSSR count). The average Bonchev–Trinajstić information content (AvgIpc) is 2.93. The van der Waals surface area contributed by atoms with Crippen molar-refractivity contribution in [3.8, 4) is 17.2 Å². The van der Waals surface area contributed by atoms with Crippen LogP contribution in [0.2, 0.25) is 0 Å². The fraction of sp³-hybridized carbons (Fsp3) is 0.286. The first-order valence-electron chi connectivity index (χ1n) is 8.57. The van der Waals surface area contributed by atoms with E-state index in [1.54, 1.807) is 21.3 Å². The number of carbonyl (C=O) groups excluding carboxylic acids is 1. The third-order valence-corrected chi connectivity index (χ3v) is 4.41. The van der Waals surface area contributed by atoms with Crippen LogP contribution < -0.4 is 19.1 Å². The number of hydrogen-bond acceptors (Lipinski definition) is 4. The summed E-state index contributed by atoms with van der Waals surface area (Å²) in [6.45, 7) is 2.76. The lowest BCUT2D eigenvalue weighted by molar-refractivity contribution is -0.113. The fourth-order valence-corrected chi connectivity index (χ4v) is 3.24. The second-order valence-electron chi connectivity index (χ2n) is 5.99. The van der Waals surface area contributed by atoms with Crippen LogP contribution >= 0.6 is 0 Å². The first-order valence-corrected chi connectivity index (χ1v) is 8.57. The number of benzene rings is 2. The average molecular weight is 353 g/mol. The van der Waals surface area contributed by atoms with E-state index in [0.717, 1.165) is 23.2 Å². The van der Waals surface area contributed by atoms with Crippen LogP contribution in [0.1, 0.15) is 24.5 Å². The Hall–Kier alpha value is -2.95. The predicted molar refractivity (Wildman–Crippen MR) is 103 cm³/mol. The van der Waals surface area contributed by atoms with Gasteiger partial charge in [0.15, 0.2) is 11.5 Å². The standard InChI is InChI=1S/C21H23NO4/c1-5-10-22-17-9-7-6-8-15(17)16(21(22)23)11-14-12-18(24-2)20(26-4)19(13-14)25-3/h6-9,11-13H,5,10H2,1-4H3/b16-11-. The van der Waals surface area contributed by atoms with E-state index in [2.05, 4.69) is 6.92 Å². The normalized spacial score (nSPS) is 14.5. The molecular formula is C21H23NO4. The van der Waals surface area contributed by atoms with Crippen molar-refractivity contribution in [3.63, 3.8) is 0 Å². The molecule has 0 N–H and O–H groups in total. The summed E-state index contributed by atoms with van der Waals surface area (Å²) < 4.78 is 16.2. The molecule has 1 amide bonds. The third-order valence-electron chi connectivity index (χ3n) is 4.41. The summed E-state index contributed by atoms with van der Waals surface area (Å²) >= 11 is 0. The number of ether oxygens (including phenoxy) is 3. The van der Waals surface area contributed by atoms with Crippen LogP contribution in [-0.2, 0) is 4.79 Å². The molecule has 0 unspecified atom stereocenters. The lowest BCUT2D eigenvalue weighted by Crippen LogP contribution is -2.26. The Kier molecular flexibility index (Phi) is 5.16. The maximum atomic E-state index is 13.0. The molecule has 0 atom stereocenters. The molecule has 0 spiro atoms. The summed E-state index contributed by atoms with van der Waals surface area (Å²) in [4.78, 5) is 14.8. The van der Waals surface area contributed by atoms with Gasteiger partial charge in [-0.3, -0.25) is 4.79 Å². The van der Waals surface area contributed by atoms with Crippen LogP contribution in [0.25, 0.3) is 11.6 Å². The van der Waals surface area contributed by atoms with Crippen LogP contribution in [0.15, 0.2) is 36.4 Å². The highest BCUT2D eigenvalue weighted by molar-refractivity contribution is 6.35. The van der Waals surface area contributed by atoms with Gasteiger partial charge in [-0.05, 0) is 36.3 Å². The van der Waals surface area contributed by atoms with Gasteiger partial charge in [-0.1, -0.05) is 25.1 Å². The lowest BCUT2D eigenvalue weighted by atomic mass is 10.0. The van der Waals surface area contributed by atoms with Crippen LogP contribution in [0.5, 0.6) is 17.2 Å². The monoisotopic (exact) mass is 353 g/mol. The molecule has 5 heteroatoms. The highest BCUT2D eigenvalue weighted by atomic mass is 16.5. The van der Waals surface area contributed by atoms with Gasteiger partial charge in [0, 0.05) is 17.7 Å². The van der Waals surface area contributed by atoms with Gasteiger partial charge in [-0.25, -0.2) is 0 Å². The minimum Gasteiger partial charge on any atom is -0.493 e. The van der Waals surface area contributed by atoms with Crippen molar-refractivity contribution in [1.29, 1.82) is 0 Å². The van der Waals surface area contributed by atoms with Crippen LogP contribution in [-0.4, -0.2) is 33.8 Å². The first-order chi connectivity index (χ1) is 12.6. The minimum absolute atomic E-state index is 0.0156. The zero-order valence-electron chi connectivity index (χ0n) is 15.5. The van der Waals surface area contributed by atoms with E-state index in [-0.39, 0.29) is 5.91 Å². The van der Waals surface area contributed by atoms with Gasteiger partial charge in [-0.15, -0.1) is 0 Å². The molecular weight excluding hydrogens is 330 g/mol. The van der Waals surface area contributed by atoms with Gasteiger partial charge >= 0.3 is 0 Å². The molecule has 0 bridgehead atoms. The van der Waals surface area contributed by atoms with Gasteiger partial charge in [0.1, 0.15) is 0 Å². The molecule has 1 aliphatic heterocycles. The highest BCUT2D eigenvalue weighted by Crippen LogP contribution is 2.41. The van der Waals surface area contributed by atoms with Crippen molar-refractivity contribution < 1.29 is 19.0 Å². The number of methoxy groups -OCH3 is 3. The predicted octanol–water partition coefficient (Wildman–Crippen LogP) is 4.01. The molecule has 0 aromatic heterocycles. The summed E-state index contributed by atoms with van der Waals surface area (Å²) in [5.74, 6) is 1.66. The zero-order valence-corrected chi connectivity index (χ0v) is 15.5. The van der Waals surface area contributed by atoms with E-state index in [4.69, 9.17) is 14.2 Å². The highest BCUT2D eigenvalue weighted by Gasteiger charge is 2.31. The van der Waals surface area contributed by atoms with Crippen LogP contribution in [0, 0.1) is 0 Å². The summed E-state index contributed by atoms with van der Waals surface area (Å²) in [7, 11) is 4.72. The largest absolute Gasteiger partial charge is 0.493 e. The molecule has 26 heavy (non-hydrogen) atoms. The minimum atomic E-state index is 0.0156. The summed E-state index contributed by atoms with van der Waals surface area (Å²) in [6.07, 6.45) is 2.78. The molecule has 0 radical (unpaired) electrons. The molecule has 2 aromatic carbocycles. The smallest absolute Gasteiger partial charge is 0.258 e.